The number of hydrogen-bond acceptors (Lipinski definition) is 3. The molecule has 0 saturated heterocycles. The molecular weight excluding hydrogens is 341 g/mol. The van der Waals surface area contributed by atoms with Gasteiger partial charge in [0.25, 0.3) is 5.91 Å². The molecule has 0 atom stereocenters. The largest absolute Gasteiger partial charge is 0.496 e. The summed E-state index contributed by atoms with van der Waals surface area (Å²) < 4.78 is 23.9. The molecule has 0 aromatic heterocycles. The molecule has 1 N–H and O–H groups in total. The highest BCUT2D eigenvalue weighted by Crippen LogP contribution is 2.30. The van der Waals surface area contributed by atoms with E-state index in [-0.39, 0.29) is 5.56 Å². The van der Waals surface area contributed by atoms with Crippen molar-refractivity contribution >= 4 is 27.5 Å². The Hall–Kier alpha value is -2.08. The van der Waals surface area contributed by atoms with Gasteiger partial charge in [-0.25, -0.2) is 4.39 Å². The zero-order valence-corrected chi connectivity index (χ0v) is 13.0. The van der Waals surface area contributed by atoms with Crippen LogP contribution in [0.25, 0.3) is 0 Å². The van der Waals surface area contributed by atoms with Crippen molar-refractivity contribution in [2.75, 3.05) is 19.5 Å². The lowest BCUT2D eigenvalue weighted by Gasteiger charge is -2.13. The van der Waals surface area contributed by atoms with Crippen LogP contribution in [0.3, 0.4) is 0 Å². The quantitative estimate of drug-likeness (QED) is 0.907. The number of anilines is 1. The zero-order valence-electron chi connectivity index (χ0n) is 11.4. The molecule has 0 radical (unpaired) electrons. The van der Waals surface area contributed by atoms with Crippen LogP contribution in [0.5, 0.6) is 11.5 Å². The molecule has 0 fully saturated rings. The first-order chi connectivity index (χ1) is 10.1. The van der Waals surface area contributed by atoms with E-state index in [1.54, 1.807) is 18.2 Å². The molecule has 0 heterocycles. The van der Waals surface area contributed by atoms with Crippen molar-refractivity contribution in [3.63, 3.8) is 0 Å². The number of carbonyl (C=O) groups excluding carboxylic acids is 1. The number of methoxy groups -OCH3 is 2. The van der Waals surface area contributed by atoms with Gasteiger partial charge in [-0.3, -0.25) is 4.79 Å². The van der Waals surface area contributed by atoms with Crippen molar-refractivity contribution in [3.05, 3.63) is 52.3 Å². The smallest absolute Gasteiger partial charge is 0.263 e. The second-order valence-electron chi connectivity index (χ2n) is 4.12. The van der Waals surface area contributed by atoms with Crippen molar-refractivity contribution in [2.45, 2.75) is 0 Å². The summed E-state index contributed by atoms with van der Waals surface area (Å²) in [5.74, 6) is -0.0125. The third kappa shape index (κ3) is 3.33. The molecular formula is C15H13BrFNO3. The van der Waals surface area contributed by atoms with Crippen LogP contribution in [0.1, 0.15) is 10.4 Å². The Bertz CT molecular complexity index is 654. The van der Waals surface area contributed by atoms with Crippen LogP contribution in [-0.2, 0) is 0 Å². The average Bonchev–Trinajstić information content (AvgIpc) is 2.49. The van der Waals surface area contributed by atoms with E-state index in [2.05, 4.69) is 21.2 Å². The third-order valence-electron chi connectivity index (χ3n) is 2.83. The van der Waals surface area contributed by atoms with Gasteiger partial charge in [-0.15, -0.1) is 0 Å². The summed E-state index contributed by atoms with van der Waals surface area (Å²) >= 11 is 3.20. The standard InChI is InChI=1S/C15H13BrFNO3/c1-20-12-4-3-5-13(21-2)14(12)15(19)18-11-7-6-9(17)8-10(11)16/h3-8H,1-2H3,(H,18,19). The summed E-state index contributed by atoms with van der Waals surface area (Å²) in [5.41, 5.74) is 0.730. The maximum atomic E-state index is 13.1. The average molecular weight is 354 g/mol. The molecule has 1 amide bonds. The van der Waals surface area contributed by atoms with Crippen LogP contribution < -0.4 is 14.8 Å². The summed E-state index contributed by atoms with van der Waals surface area (Å²) in [6.07, 6.45) is 0. The molecule has 21 heavy (non-hydrogen) atoms. The zero-order chi connectivity index (χ0) is 15.4. The number of ether oxygens (including phenoxy) is 2. The van der Waals surface area contributed by atoms with Gasteiger partial charge in [0, 0.05) is 4.47 Å². The summed E-state index contributed by atoms with van der Waals surface area (Å²) in [4.78, 5) is 12.4. The van der Waals surface area contributed by atoms with E-state index in [4.69, 9.17) is 9.47 Å². The van der Waals surface area contributed by atoms with Crippen LogP contribution >= 0.6 is 15.9 Å². The van der Waals surface area contributed by atoms with Crippen molar-refractivity contribution in [3.8, 4) is 11.5 Å². The van der Waals surface area contributed by atoms with Crippen molar-refractivity contribution < 1.29 is 18.7 Å². The van der Waals surface area contributed by atoms with Crippen LogP contribution in [0, 0.1) is 5.82 Å². The second-order valence-corrected chi connectivity index (χ2v) is 4.97. The number of nitrogens with one attached hydrogen (secondary N) is 1. The van der Waals surface area contributed by atoms with Gasteiger partial charge in [-0.05, 0) is 46.3 Å². The molecule has 4 nitrogen and oxygen atoms in total. The van der Waals surface area contributed by atoms with Gasteiger partial charge >= 0.3 is 0 Å². The number of hydrogen-bond donors (Lipinski definition) is 1. The molecule has 2 aromatic rings. The summed E-state index contributed by atoms with van der Waals surface area (Å²) in [6.45, 7) is 0. The van der Waals surface area contributed by atoms with Crippen molar-refractivity contribution in [2.24, 2.45) is 0 Å². The Morgan fingerprint density at radius 2 is 1.76 bits per heavy atom. The molecule has 0 spiro atoms. The molecule has 0 unspecified atom stereocenters. The fraction of sp³-hybridized carbons (Fsp3) is 0.133. The Balaban J connectivity index is 2.36. The Morgan fingerprint density at radius 3 is 2.29 bits per heavy atom. The lowest BCUT2D eigenvalue weighted by atomic mass is 10.1. The fourth-order valence-corrected chi connectivity index (χ4v) is 2.30. The molecule has 2 rings (SSSR count). The number of carbonyl (C=O) groups is 1. The Morgan fingerprint density at radius 1 is 1.14 bits per heavy atom. The van der Waals surface area contributed by atoms with E-state index in [0.717, 1.165) is 0 Å². The highest BCUT2D eigenvalue weighted by atomic mass is 79.9. The van der Waals surface area contributed by atoms with Crippen LogP contribution in [0.2, 0.25) is 0 Å². The Labute approximate surface area is 130 Å². The number of benzene rings is 2. The monoisotopic (exact) mass is 353 g/mol. The van der Waals surface area contributed by atoms with Gasteiger partial charge < -0.3 is 14.8 Å². The minimum Gasteiger partial charge on any atom is -0.496 e. The van der Waals surface area contributed by atoms with Gasteiger partial charge in [0.1, 0.15) is 22.9 Å². The second kappa shape index (κ2) is 6.58. The maximum absolute atomic E-state index is 13.1. The first-order valence-corrected chi connectivity index (χ1v) is 6.83. The van der Waals surface area contributed by atoms with Crippen molar-refractivity contribution in [1.29, 1.82) is 0 Å². The van der Waals surface area contributed by atoms with E-state index in [9.17, 15) is 9.18 Å². The van der Waals surface area contributed by atoms with E-state index < -0.39 is 11.7 Å². The SMILES string of the molecule is COc1cccc(OC)c1C(=O)Nc1ccc(F)cc1Br. The number of amides is 1. The Kier molecular flexibility index (Phi) is 4.80. The summed E-state index contributed by atoms with van der Waals surface area (Å²) in [6, 6.07) is 9.06. The van der Waals surface area contributed by atoms with E-state index in [1.807, 2.05) is 0 Å². The minimum atomic E-state index is -0.406. The van der Waals surface area contributed by atoms with Crippen LogP contribution in [-0.4, -0.2) is 20.1 Å². The first kappa shape index (κ1) is 15.3. The summed E-state index contributed by atoms with van der Waals surface area (Å²) in [5, 5.41) is 2.69. The first-order valence-electron chi connectivity index (χ1n) is 6.04. The molecule has 110 valence electrons. The van der Waals surface area contributed by atoms with Gasteiger partial charge in [0.15, 0.2) is 0 Å². The number of halogens is 2. The van der Waals surface area contributed by atoms with Gasteiger partial charge in [0.05, 0.1) is 19.9 Å². The molecule has 0 aliphatic heterocycles. The molecule has 0 aliphatic carbocycles. The molecule has 0 saturated carbocycles. The van der Waals surface area contributed by atoms with Gasteiger partial charge in [0.2, 0.25) is 0 Å². The van der Waals surface area contributed by atoms with Crippen LogP contribution in [0.4, 0.5) is 10.1 Å². The summed E-state index contributed by atoms with van der Waals surface area (Å²) in [7, 11) is 2.94. The lowest BCUT2D eigenvalue weighted by molar-refractivity contribution is 0.102. The number of rotatable bonds is 4. The van der Waals surface area contributed by atoms with E-state index >= 15 is 0 Å². The van der Waals surface area contributed by atoms with Crippen LogP contribution in [0.15, 0.2) is 40.9 Å². The topological polar surface area (TPSA) is 47.6 Å². The minimum absolute atomic E-state index is 0.277. The van der Waals surface area contributed by atoms with E-state index in [1.165, 1.54) is 32.4 Å². The normalized spacial score (nSPS) is 10.1. The predicted molar refractivity (Wildman–Crippen MR) is 81.6 cm³/mol. The highest BCUT2D eigenvalue weighted by Gasteiger charge is 2.19. The fourth-order valence-electron chi connectivity index (χ4n) is 1.85. The molecule has 0 bridgehead atoms. The third-order valence-corrected chi connectivity index (χ3v) is 3.49. The molecule has 0 aliphatic rings. The van der Waals surface area contributed by atoms with Crippen molar-refractivity contribution in [1.82, 2.24) is 0 Å². The van der Waals surface area contributed by atoms with Gasteiger partial charge in [-0.1, -0.05) is 6.07 Å². The molecule has 6 heteroatoms. The van der Waals surface area contributed by atoms with E-state index in [0.29, 0.717) is 21.7 Å². The highest BCUT2D eigenvalue weighted by molar-refractivity contribution is 9.10. The van der Waals surface area contributed by atoms with Gasteiger partial charge in [-0.2, -0.15) is 0 Å². The maximum Gasteiger partial charge on any atom is 0.263 e. The lowest BCUT2D eigenvalue weighted by Crippen LogP contribution is -2.15. The molecule has 2 aromatic carbocycles. The predicted octanol–water partition coefficient (Wildman–Crippen LogP) is 3.86.